The van der Waals surface area contributed by atoms with E-state index >= 15 is 0 Å². The Morgan fingerprint density at radius 3 is 2.30 bits per heavy atom. The van der Waals surface area contributed by atoms with Crippen LogP contribution in [-0.2, 0) is 11.2 Å². The van der Waals surface area contributed by atoms with Crippen molar-refractivity contribution in [2.24, 2.45) is 0 Å². The highest BCUT2D eigenvalue weighted by Crippen LogP contribution is 2.23. The lowest BCUT2D eigenvalue weighted by atomic mass is 10.0. The van der Waals surface area contributed by atoms with Crippen LogP contribution in [0.4, 0.5) is 0 Å². The van der Waals surface area contributed by atoms with Crippen molar-refractivity contribution in [2.75, 3.05) is 12.8 Å². The number of aryl methyl sites for hydroxylation is 2. The lowest BCUT2D eigenvalue weighted by Gasteiger charge is -2.29. The SMILES string of the molecule is CCN(C(=O)CCc1c(C)nc(SC)nc1C)C(C)c1ccc(C#N)cc1. The van der Waals surface area contributed by atoms with Gasteiger partial charge in [-0.05, 0) is 63.6 Å². The molecule has 2 rings (SSSR count). The first kappa shape index (κ1) is 20.9. The number of carbonyl (C=O) groups excluding carboxylic acids is 1. The molecule has 0 saturated carbocycles. The highest BCUT2D eigenvalue weighted by molar-refractivity contribution is 7.98. The molecule has 0 saturated heterocycles. The van der Waals surface area contributed by atoms with E-state index in [1.165, 1.54) is 11.8 Å². The zero-order valence-electron chi connectivity index (χ0n) is 16.6. The largest absolute Gasteiger partial charge is 0.336 e. The molecule has 1 amide bonds. The lowest BCUT2D eigenvalue weighted by molar-refractivity contribution is -0.133. The number of nitrogens with zero attached hydrogens (tertiary/aromatic N) is 4. The molecule has 1 heterocycles. The van der Waals surface area contributed by atoms with Gasteiger partial charge in [0.25, 0.3) is 0 Å². The average Bonchev–Trinajstić information content (AvgIpc) is 2.67. The van der Waals surface area contributed by atoms with Crippen molar-refractivity contribution in [3.05, 3.63) is 52.3 Å². The number of thioether (sulfide) groups is 1. The number of amides is 1. The quantitative estimate of drug-likeness (QED) is 0.529. The van der Waals surface area contributed by atoms with Gasteiger partial charge in [0.2, 0.25) is 5.91 Å². The Morgan fingerprint density at radius 1 is 1.22 bits per heavy atom. The summed E-state index contributed by atoms with van der Waals surface area (Å²) in [5.41, 5.74) is 4.61. The van der Waals surface area contributed by atoms with Crippen LogP contribution in [0.25, 0.3) is 0 Å². The summed E-state index contributed by atoms with van der Waals surface area (Å²) in [4.78, 5) is 23.7. The summed E-state index contributed by atoms with van der Waals surface area (Å²) >= 11 is 1.53. The standard InChI is InChI=1S/C21H26N4OS/c1-6-25(16(4)18-9-7-17(13-22)8-10-18)20(26)12-11-19-14(2)23-21(27-5)24-15(19)3/h7-10,16H,6,11-12H2,1-5H3. The number of hydrogen-bond donors (Lipinski definition) is 0. The molecule has 0 fully saturated rings. The van der Waals surface area contributed by atoms with Crippen molar-refractivity contribution in [1.29, 1.82) is 5.26 Å². The number of benzene rings is 1. The number of nitriles is 1. The molecule has 0 aliphatic heterocycles. The fraction of sp³-hybridized carbons (Fsp3) is 0.429. The Bertz CT molecular complexity index is 819. The molecule has 1 unspecified atom stereocenters. The molecule has 0 aliphatic carbocycles. The predicted octanol–water partition coefficient (Wildman–Crippen LogP) is 4.23. The molecule has 0 radical (unpaired) electrons. The van der Waals surface area contributed by atoms with Crippen molar-refractivity contribution in [3.63, 3.8) is 0 Å². The molecule has 1 aromatic carbocycles. The molecule has 0 spiro atoms. The van der Waals surface area contributed by atoms with Gasteiger partial charge in [0.05, 0.1) is 17.7 Å². The van der Waals surface area contributed by atoms with Gasteiger partial charge in [0.1, 0.15) is 0 Å². The van der Waals surface area contributed by atoms with Gasteiger partial charge in [-0.2, -0.15) is 5.26 Å². The zero-order valence-corrected chi connectivity index (χ0v) is 17.4. The molecular weight excluding hydrogens is 356 g/mol. The summed E-state index contributed by atoms with van der Waals surface area (Å²) in [6.45, 7) is 8.61. The lowest BCUT2D eigenvalue weighted by Crippen LogP contribution is -2.33. The monoisotopic (exact) mass is 382 g/mol. The maximum Gasteiger partial charge on any atom is 0.223 e. The smallest absolute Gasteiger partial charge is 0.223 e. The van der Waals surface area contributed by atoms with Crippen molar-refractivity contribution >= 4 is 17.7 Å². The summed E-state index contributed by atoms with van der Waals surface area (Å²) in [6.07, 6.45) is 3.03. The number of rotatable bonds is 7. The van der Waals surface area contributed by atoms with Crippen LogP contribution in [0.3, 0.4) is 0 Å². The van der Waals surface area contributed by atoms with E-state index in [2.05, 4.69) is 16.0 Å². The van der Waals surface area contributed by atoms with Crippen LogP contribution < -0.4 is 0 Å². The van der Waals surface area contributed by atoms with Gasteiger partial charge in [0.15, 0.2) is 5.16 Å². The van der Waals surface area contributed by atoms with Gasteiger partial charge in [-0.15, -0.1) is 0 Å². The van der Waals surface area contributed by atoms with Gasteiger partial charge < -0.3 is 4.90 Å². The third kappa shape index (κ3) is 5.08. The van der Waals surface area contributed by atoms with Crippen molar-refractivity contribution in [3.8, 4) is 6.07 Å². The van der Waals surface area contributed by atoms with E-state index in [9.17, 15) is 4.79 Å². The van der Waals surface area contributed by atoms with Crippen LogP contribution in [0.1, 0.15) is 54.4 Å². The van der Waals surface area contributed by atoms with Crippen molar-refractivity contribution < 1.29 is 4.79 Å². The van der Waals surface area contributed by atoms with Gasteiger partial charge in [0, 0.05) is 24.4 Å². The Labute approximate surface area is 165 Å². The second kappa shape index (κ2) is 9.52. The first-order chi connectivity index (χ1) is 12.9. The fourth-order valence-corrected chi connectivity index (χ4v) is 3.68. The summed E-state index contributed by atoms with van der Waals surface area (Å²) < 4.78 is 0. The third-order valence-electron chi connectivity index (χ3n) is 4.82. The maximum absolute atomic E-state index is 12.9. The number of hydrogen-bond acceptors (Lipinski definition) is 5. The molecule has 0 aliphatic rings. The Morgan fingerprint density at radius 2 is 1.81 bits per heavy atom. The van der Waals surface area contributed by atoms with Gasteiger partial charge in [-0.25, -0.2) is 9.97 Å². The van der Waals surface area contributed by atoms with Gasteiger partial charge >= 0.3 is 0 Å². The Balaban J connectivity index is 2.10. The van der Waals surface area contributed by atoms with Crippen molar-refractivity contribution in [1.82, 2.24) is 14.9 Å². The van der Waals surface area contributed by atoms with Crippen LogP contribution in [-0.4, -0.2) is 33.6 Å². The molecule has 1 atom stereocenters. The van der Waals surface area contributed by atoms with Crippen molar-refractivity contribution in [2.45, 2.75) is 51.7 Å². The molecule has 1 aromatic heterocycles. The normalized spacial score (nSPS) is 11.7. The van der Waals surface area contributed by atoms with Gasteiger partial charge in [-0.3, -0.25) is 4.79 Å². The molecule has 0 N–H and O–H groups in total. The minimum atomic E-state index is -0.0347. The molecule has 2 aromatic rings. The first-order valence-corrected chi connectivity index (χ1v) is 10.3. The van der Waals surface area contributed by atoms with Gasteiger partial charge in [-0.1, -0.05) is 23.9 Å². The van der Waals surface area contributed by atoms with E-state index < -0.39 is 0 Å². The fourth-order valence-electron chi connectivity index (χ4n) is 3.22. The van der Waals surface area contributed by atoms with E-state index in [1.54, 1.807) is 12.1 Å². The molecule has 142 valence electrons. The highest BCUT2D eigenvalue weighted by Gasteiger charge is 2.20. The Kier molecular flexibility index (Phi) is 7.37. The second-order valence-corrected chi connectivity index (χ2v) is 7.22. The van der Waals surface area contributed by atoms with Crippen LogP contribution in [0.2, 0.25) is 0 Å². The summed E-state index contributed by atoms with van der Waals surface area (Å²) in [7, 11) is 0. The van der Waals surface area contributed by atoms with Crippen LogP contribution in [0.5, 0.6) is 0 Å². The van der Waals surface area contributed by atoms with Crippen LogP contribution in [0.15, 0.2) is 29.4 Å². The van der Waals surface area contributed by atoms with E-state index in [-0.39, 0.29) is 11.9 Å². The van der Waals surface area contributed by atoms with E-state index in [0.29, 0.717) is 24.9 Å². The predicted molar refractivity (Wildman–Crippen MR) is 109 cm³/mol. The van der Waals surface area contributed by atoms with E-state index in [0.717, 1.165) is 27.7 Å². The number of carbonyl (C=O) groups is 1. The summed E-state index contributed by atoms with van der Waals surface area (Å²) in [5.74, 6) is 0.113. The topological polar surface area (TPSA) is 69.9 Å². The third-order valence-corrected chi connectivity index (χ3v) is 5.37. The summed E-state index contributed by atoms with van der Waals surface area (Å²) in [6, 6.07) is 9.51. The molecular formula is C21H26N4OS. The minimum absolute atomic E-state index is 0.0347. The highest BCUT2D eigenvalue weighted by atomic mass is 32.2. The average molecular weight is 383 g/mol. The molecule has 6 heteroatoms. The van der Waals surface area contributed by atoms with Crippen LogP contribution >= 0.6 is 11.8 Å². The minimum Gasteiger partial charge on any atom is -0.336 e. The molecule has 5 nitrogen and oxygen atoms in total. The number of aromatic nitrogens is 2. The first-order valence-electron chi connectivity index (χ1n) is 9.08. The molecule has 0 bridgehead atoms. The van der Waals surface area contributed by atoms with E-state index in [4.69, 9.17) is 5.26 Å². The maximum atomic E-state index is 12.9. The van der Waals surface area contributed by atoms with Crippen LogP contribution in [0, 0.1) is 25.2 Å². The summed E-state index contributed by atoms with van der Waals surface area (Å²) in [5, 5.41) is 9.71. The Hall–Kier alpha value is -2.39. The van der Waals surface area contributed by atoms with E-state index in [1.807, 2.05) is 51.0 Å². The second-order valence-electron chi connectivity index (χ2n) is 6.45. The molecule has 27 heavy (non-hydrogen) atoms. The zero-order chi connectivity index (χ0) is 20.0.